The summed E-state index contributed by atoms with van der Waals surface area (Å²) in [6.07, 6.45) is 0.507. The molecule has 0 saturated carbocycles. The van der Waals surface area contributed by atoms with Gasteiger partial charge in [0.05, 0.1) is 0 Å². The summed E-state index contributed by atoms with van der Waals surface area (Å²) in [6.45, 7) is 3.45. The highest BCUT2D eigenvalue weighted by Crippen LogP contribution is 2.27. The first-order chi connectivity index (χ1) is 6.38. The molecule has 0 bridgehead atoms. The minimum absolute atomic E-state index is 0.123. The fraction of sp³-hybridized carbons (Fsp3) is 0.400. The Kier molecular flexibility index (Phi) is 2.76. The molecule has 2 nitrogen and oxygen atoms in total. The summed E-state index contributed by atoms with van der Waals surface area (Å²) in [5, 5.41) is 0. The fourth-order valence-electron chi connectivity index (χ4n) is 1.22. The molecular formula is C10H14F2N2. The number of nitrogen functional groups attached to an aromatic ring is 1. The van der Waals surface area contributed by atoms with Crippen molar-refractivity contribution >= 4 is 5.69 Å². The first-order valence-corrected chi connectivity index (χ1v) is 4.42. The third-order valence-electron chi connectivity index (χ3n) is 2.40. The van der Waals surface area contributed by atoms with Gasteiger partial charge in [0.25, 0.3) is 0 Å². The molecule has 0 aliphatic heterocycles. The van der Waals surface area contributed by atoms with E-state index in [1.807, 2.05) is 0 Å². The highest BCUT2D eigenvalue weighted by molar-refractivity contribution is 5.44. The van der Waals surface area contributed by atoms with Crippen molar-refractivity contribution in [2.75, 3.05) is 5.73 Å². The number of rotatable bonds is 2. The number of benzene rings is 1. The second kappa shape index (κ2) is 3.53. The van der Waals surface area contributed by atoms with E-state index in [1.165, 1.54) is 6.07 Å². The Balaban J connectivity index is 3.34. The second-order valence-electron chi connectivity index (χ2n) is 3.64. The van der Waals surface area contributed by atoms with E-state index in [0.29, 0.717) is 6.42 Å². The van der Waals surface area contributed by atoms with Crippen LogP contribution in [-0.2, 0) is 5.54 Å². The van der Waals surface area contributed by atoms with Crippen molar-refractivity contribution in [3.8, 4) is 0 Å². The molecule has 0 aromatic heterocycles. The lowest BCUT2D eigenvalue weighted by atomic mass is 9.89. The predicted molar refractivity (Wildman–Crippen MR) is 52.6 cm³/mol. The Hall–Kier alpha value is -1.16. The van der Waals surface area contributed by atoms with E-state index in [1.54, 1.807) is 13.8 Å². The van der Waals surface area contributed by atoms with Crippen molar-refractivity contribution in [1.82, 2.24) is 0 Å². The Morgan fingerprint density at radius 3 is 2.43 bits per heavy atom. The van der Waals surface area contributed by atoms with Gasteiger partial charge < -0.3 is 11.5 Å². The van der Waals surface area contributed by atoms with Crippen molar-refractivity contribution in [3.05, 3.63) is 29.3 Å². The zero-order valence-electron chi connectivity index (χ0n) is 8.27. The van der Waals surface area contributed by atoms with Crippen LogP contribution in [0.5, 0.6) is 0 Å². The van der Waals surface area contributed by atoms with Crippen LogP contribution in [0.3, 0.4) is 0 Å². The first kappa shape index (κ1) is 10.9. The van der Waals surface area contributed by atoms with Crippen molar-refractivity contribution in [2.45, 2.75) is 25.8 Å². The molecular weight excluding hydrogens is 186 g/mol. The Bertz CT molecular complexity index is 348. The maximum atomic E-state index is 13.4. The van der Waals surface area contributed by atoms with Gasteiger partial charge in [-0.15, -0.1) is 0 Å². The van der Waals surface area contributed by atoms with Gasteiger partial charge in [0.2, 0.25) is 0 Å². The molecule has 0 radical (unpaired) electrons. The summed E-state index contributed by atoms with van der Waals surface area (Å²) in [7, 11) is 0. The summed E-state index contributed by atoms with van der Waals surface area (Å²) in [5.41, 5.74) is 10.6. The van der Waals surface area contributed by atoms with Crippen molar-refractivity contribution in [1.29, 1.82) is 0 Å². The second-order valence-corrected chi connectivity index (χ2v) is 3.64. The Morgan fingerprint density at radius 2 is 1.93 bits per heavy atom. The van der Waals surface area contributed by atoms with Crippen LogP contribution in [0.1, 0.15) is 25.8 Å². The Labute approximate surface area is 81.9 Å². The molecule has 0 fully saturated rings. The third-order valence-corrected chi connectivity index (χ3v) is 2.40. The normalized spacial score (nSPS) is 15.2. The van der Waals surface area contributed by atoms with Crippen molar-refractivity contribution in [2.24, 2.45) is 5.73 Å². The highest BCUT2D eigenvalue weighted by atomic mass is 19.2. The maximum absolute atomic E-state index is 13.4. The topological polar surface area (TPSA) is 52.0 Å². The zero-order valence-corrected chi connectivity index (χ0v) is 8.27. The van der Waals surface area contributed by atoms with Crippen LogP contribution in [0.25, 0.3) is 0 Å². The van der Waals surface area contributed by atoms with Gasteiger partial charge in [-0.3, -0.25) is 0 Å². The molecule has 0 aliphatic rings. The van der Waals surface area contributed by atoms with E-state index >= 15 is 0 Å². The van der Waals surface area contributed by atoms with Crippen molar-refractivity contribution in [3.63, 3.8) is 0 Å². The van der Waals surface area contributed by atoms with Gasteiger partial charge in [-0.2, -0.15) is 0 Å². The van der Waals surface area contributed by atoms with E-state index in [9.17, 15) is 8.78 Å². The lowest BCUT2D eigenvalue weighted by Gasteiger charge is -2.24. The number of nitrogens with two attached hydrogens (primary N) is 2. The van der Waals surface area contributed by atoms with E-state index in [2.05, 4.69) is 0 Å². The van der Waals surface area contributed by atoms with Gasteiger partial charge in [-0.05, 0) is 25.5 Å². The lowest BCUT2D eigenvalue weighted by molar-refractivity contribution is 0.422. The predicted octanol–water partition coefficient (Wildman–Crippen LogP) is 2.13. The minimum Gasteiger partial charge on any atom is -0.399 e. The molecule has 0 aliphatic carbocycles. The number of halogens is 2. The van der Waals surface area contributed by atoms with Crippen LogP contribution in [0.4, 0.5) is 14.5 Å². The van der Waals surface area contributed by atoms with E-state index in [-0.39, 0.29) is 11.3 Å². The molecule has 4 heteroatoms. The maximum Gasteiger partial charge on any atom is 0.164 e. The molecule has 1 atom stereocenters. The average Bonchev–Trinajstić information content (AvgIpc) is 2.11. The summed E-state index contributed by atoms with van der Waals surface area (Å²) in [6, 6.07) is 2.33. The quantitative estimate of drug-likeness (QED) is 0.718. The van der Waals surface area contributed by atoms with Crippen molar-refractivity contribution < 1.29 is 8.78 Å². The monoisotopic (exact) mass is 200 g/mol. The van der Waals surface area contributed by atoms with Crippen LogP contribution >= 0.6 is 0 Å². The van der Waals surface area contributed by atoms with E-state index < -0.39 is 17.2 Å². The molecule has 4 N–H and O–H groups in total. The first-order valence-electron chi connectivity index (χ1n) is 4.42. The molecule has 1 aromatic rings. The van der Waals surface area contributed by atoms with Gasteiger partial charge >= 0.3 is 0 Å². The van der Waals surface area contributed by atoms with Crippen LogP contribution < -0.4 is 11.5 Å². The number of anilines is 1. The number of hydrogen-bond acceptors (Lipinski definition) is 2. The van der Waals surface area contributed by atoms with Crippen LogP contribution in [0.15, 0.2) is 12.1 Å². The molecule has 78 valence electrons. The van der Waals surface area contributed by atoms with E-state index in [4.69, 9.17) is 11.5 Å². The molecule has 0 amide bonds. The van der Waals surface area contributed by atoms with Crippen LogP contribution in [0, 0.1) is 11.6 Å². The summed E-state index contributed by atoms with van der Waals surface area (Å²) in [5.74, 6) is -1.86. The molecule has 1 rings (SSSR count). The van der Waals surface area contributed by atoms with Gasteiger partial charge in [0.15, 0.2) is 11.6 Å². The molecule has 14 heavy (non-hydrogen) atoms. The van der Waals surface area contributed by atoms with Crippen LogP contribution in [-0.4, -0.2) is 0 Å². The van der Waals surface area contributed by atoms with Gasteiger partial charge in [-0.1, -0.05) is 6.92 Å². The zero-order chi connectivity index (χ0) is 10.9. The number of hydrogen-bond donors (Lipinski definition) is 2. The smallest absolute Gasteiger partial charge is 0.164 e. The van der Waals surface area contributed by atoms with Gasteiger partial charge in [0, 0.05) is 16.8 Å². The minimum atomic E-state index is -0.954. The summed E-state index contributed by atoms with van der Waals surface area (Å²) in [4.78, 5) is 0. The summed E-state index contributed by atoms with van der Waals surface area (Å²) >= 11 is 0. The molecule has 0 spiro atoms. The lowest BCUT2D eigenvalue weighted by Crippen LogP contribution is -2.33. The molecule has 1 aromatic carbocycles. The highest BCUT2D eigenvalue weighted by Gasteiger charge is 2.25. The molecule has 0 saturated heterocycles. The summed E-state index contributed by atoms with van der Waals surface area (Å²) < 4.78 is 26.3. The molecule has 0 heterocycles. The van der Waals surface area contributed by atoms with Crippen LogP contribution in [0.2, 0.25) is 0 Å². The van der Waals surface area contributed by atoms with Gasteiger partial charge in [0.1, 0.15) is 0 Å². The average molecular weight is 200 g/mol. The Morgan fingerprint density at radius 1 is 1.36 bits per heavy atom. The standard InChI is InChI=1S/C10H14F2N2/c1-3-10(2,14)7-4-6(13)5-8(11)9(7)12/h4-5H,3,13-14H2,1-2H3. The SMILES string of the molecule is CCC(C)(N)c1cc(N)cc(F)c1F. The van der Waals surface area contributed by atoms with E-state index in [0.717, 1.165) is 6.07 Å². The third kappa shape index (κ3) is 1.85. The fourth-order valence-corrected chi connectivity index (χ4v) is 1.22. The molecule has 1 unspecified atom stereocenters. The van der Waals surface area contributed by atoms with Gasteiger partial charge in [-0.25, -0.2) is 8.78 Å². The largest absolute Gasteiger partial charge is 0.399 e.